The van der Waals surface area contributed by atoms with Gasteiger partial charge >= 0.3 is 0 Å². The first-order chi connectivity index (χ1) is 4.38. The van der Waals surface area contributed by atoms with Crippen LogP contribution in [0.5, 0.6) is 0 Å². The summed E-state index contributed by atoms with van der Waals surface area (Å²) in [6, 6.07) is 1.71. The molecule has 0 unspecified atom stereocenters. The van der Waals surface area contributed by atoms with Gasteiger partial charge in [0.15, 0.2) is 0 Å². The monoisotopic (exact) mass is 126 g/mol. The molecule has 0 bridgehead atoms. The van der Waals surface area contributed by atoms with E-state index in [2.05, 4.69) is 17.3 Å². The van der Waals surface area contributed by atoms with Gasteiger partial charge in [0.25, 0.3) is 0 Å². The fourth-order valence-corrected chi connectivity index (χ4v) is 1.84. The van der Waals surface area contributed by atoms with Crippen LogP contribution in [0.4, 0.5) is 0 Å². The molecule has 2 atom stereocenters. The smallest absolute Gasteiger partial charge is 0.0247 e. The van der Waals surface area contributed by atoms with Gasteiger partial charge in [-0.3, -0.25) is 0 Å². The number of likely N-dealkylation sites (N-methyl/N-ethyl adjacent to an activating group) is 1. The fourth-order valence-electron chi connectivity index (χ4n) is 1.84. The molecule has 1 saturated heterocycles. The molecule has 9 heavy (non-hydrogen) atoms. The molecule has 1 heterocycles. The molecule has 0 radical (unpaired) electrons. The summed E-state index contributed by atoms with van der Waals surface area (Å²) < 4.78 is 0. The van der Waals surface area contributed by atoms with Gasteiger partial charge in [-0.1, -0.05) is 0 Å². The summed E-state index contributed by atoms with van der Waals surface area (Å²) in [5.74, 6) is 0. The van der Waals surface area contributed by atoms with Crippen molar-refractivity contribution < 1.29 is 0 Å². The van der Waals surface area contributed by atoms with E-state index in [4.69, 9.17) is 0 Å². The van der Waals surface area contributed by atoms with Crippen molar-refractivity contribution in [3.8, 4) is 0 Å². The molecule has 0 aromatic heterocycles. The highest BCUT2D eigenvalue weighted by molar-refractivity contribution is 4.96. The molecule has 2 nitrogen and oxygen atoms in total. The molecule has 52 valence electrons. The van der Waals surface area contributed by atoms with Crippen LogP contribution in [-0.2, 0) is 0 Å². The van der Waals surface area contributed by atoms with Crippen LogP contribution in [0.25, 0.3) is 0 Å². The summed E-state index contributed by atoms with van der Waals surface area (Å²) in [6.45, 7) is 2.43. The molecule has 1 saturated carbocycles. The molecule has 2 fully saturated rings. The lowest BCUT2D eigenvalue weighted by atomic mass is 9.84. The minimum atomic E-state index is 0.837. The highest BCUT2D eigenvalue weighted by Crippen LogP contribution is 2.26. The second-order valence-corrected chi connectivity index (χ2v) is 3.19. The first kappa shape index (κ1) is 5.69. The first-order valence-electron chi connectivity index (χ1n) is 3.81. The average Bonchev–Trinajstić information content (AvgIpc) is 1.74. The van der Waals surface area contributed by atoms with Crippen molar-refractivity contribution in [2.75, 3.05) is 20.1 Å². The molecule has 2 rings (SSSR count). The van der Waals surface area contributed by atoms with Crippen LogP contribution in [0.2, 0.25) is 0 Å². The van der Waals surface area contributed by atoms with Crippen LogP contribution in [-0.4, -0.2) is 37.1 Å². The Kier molecular flexibility index (Phi) is 1.24. The number of hydrogen-bond donors (Lipinski definition) is 1. The minimum absolute atomic E-state index is 0.837. The summed E-state index contributed by atoms with van der Waals surface area (Å²) in [7, 11) is 2.23. The zero-order valence-electron chi connectivity index (χ0n) is 5.93. The van der Waals surface area contributed by atoms with E-state index < -0.39 is 0 Å². The molecule has 0 aromatic carbocycles. The topological polar surface area (TPSA) is 15.3 Å². The Hall–Kier alpha value is -0.0800. The number of hydrogen-bond acceptors (Lipinski definition) is 2. The van der Waals surface area contributed by atoms with Crippen LogP contribution >= 0.6 is 0 Å². The summed E-state index contributed by atoms with van der Waals surface area (Å²) >= 11 is 0. The van der Waals surface area contributed by atoms with E-state index in [1.165, 1.54) is 25.9 Å². The first-order valence-corrected chi connectivity index (χ1v) is 3.81. The molecule has 0 amide bonds. The Morgan fingerprint density at radius 3 is 2.78 bits per heavy atom. The SMILES string of the molecule is CN1CCN[C@H]2CC[C@H]21. The lowest BCUT2D eigenvalue weighted by Gasteiger charge is -2.47. The van der Waals surface area contributed by atoms with E-state index in [0.29, 0.717) is 0 Å². The maximum Gasteiger partial charge on any atom is 0.0247 e. The zero-order chi connectivity index (χ0) is 6.27. The van der Waals surface area contributed by atoms with E-state index in [9.17, 15) is 0 Å². The summed E-state index contributed by atoms with van der Waals surface area (Å²) in [4.78, 5) is 2.48. The van der Waals surface area contributed by atoms with E-state index in [0.717, 1.165) is 12.1 Å². The maximum atomic E-state index is 3.51. The molecule has 0 aromatic rings. The fraction of sp³-hybridized carbons (Fsp3) is 1.00. The number of nitrogens with one attached hydrogen (secondary N) is 1. The molecule has 2 heteroatoms. The van der Waals surface area contributed by atoms with E-state index in [-0.39, 0.29) is 0 Å². The number of rotatable bonds is 0. The van der Waals surface area contributed by atoms with Gasteiger partial charge in [0.2, 0.25) is 0 Å². The van der Waals surface area contributed by atoms with Crippen LogP contribution in [0, 0.1) is 0 Å². The van der Waals surface area contributed by atoms with Crippen molar-refractivity contribution in [1.29, 1.82) is 0 Å². The number of nitrogens with zero attached hydrogens (tertiary/aromatic N) is 1. The van der Waals surface area contributed by atoms with Crippen LogP contribution in [0.15, 0.2) is 0 Å². The third-order valence-electron chi connectivity index (χ3n) is 2.68. The Morgan fingerprint density at radius 1 is 1.44 bits per heavy atom. The van der Waals surface area contributed by atoms with Crippen molar-refractivity contribution in [2.24, 2.45) is 0 Å². The van der Waals surface area contributed by atoms with Crippen LogP contribution in [0.3, 0.4) is 0 Å². The molecule has 0 spiro atoms. The lowest BCUT2D eigenvalue weighted by molar-refractivity contribution is 0.0750. The van der Waals surface area contributed by atoms with E-state index in [1.807, 2.05) is 0 Å². The molecule has 2 aliphatic rings. The van der Waals surface area contributed by atoms with Gasteiger partial charge < -0.3 is 10.2 Å². The second-order valence-electron chi connectivity index (χ2n) is 3.19. The predicted octanol–water partition coefficient (Wildman–Crippen LogP) is 0.0524. The Balaban J connectivity index is 1.98. The second kappa shape index (κ2) is 1.96. The minimum Gasteiger partial charge on any atom is -0.311 e. The molecule has 1 aliphatic heterocycles. The quantitative estimate of drug-likeness (QED) is 0.493. The third kappa shape index (κ3) is 0.775. The van der Waals surface area contributed by atoms with Gasteiger partial charge in [-0.05, 0) is 19.9 Å². The van der Waals surface area contributed by atoms with Gasteiger partial charge in [-0.2, -0.15) is 0 Å². The average molecular weight is 126 g/mol. The molecular weight excluding hydrogens is 112 g/mol. The molecular formula is C7H14N2. The molecule has 1 aliphatic carbocycles. The molecule has 1 N–H and O–H groups in total. The van der Waals surface area contributed by atoms with Gasteiger partial charge in [0.1, 0.15) is 0 Å². The van der Waals surface area contributed by atoms with Crippen molar-refractivity contribution in [1.82, 2.24) is 10.2 Å². The highest BCUT2D eigenvalue weighted by atomic mass is 15.2. The number of piperazine rings is 1. The standard InChI is InChI=1S/C7H14N2/c1-9-5-4-8-6-2-3-7(6)9/h6-8H,2-5H2,1H3/t6-,7+/m0/s1. The largest absolute Gasteiger partial charge is 0.311 e. The summed E-state index contributed by atoms with van der Waals surface area (Å²) in [6.07, 6.45) is 2.81. The Morgan fingerprint density at radius 2 is 2.33 bits per heavy atom. The normalized spacial score (nSPS) is 43.7. The van der Waals surface area contributed by atoms with Gasteiger partial charge in [0.05, 0.1) is 0 Å². The summed E-state index contributed by atoms with van der Waals surface area (Å²) in [5, 5.41) is 3.51. The Labute approximate surface area is 56.2 Å². The third-order valence-corrected chi connectivity index (χ3v) is 2.68. The maximum absolute atomic E-state index is 3.51. The van der Waals surface area contributed by atoms with E-state index in [1.54, 1.807) is 0 Å². The van der Waals surface area contributed by atoms with Gasteiger partial charge in [-0.15, -0.1) is 0 Å². The number of fused-ring (bicyclic) bond motifs is 1. The van der Waals surface area contributed by atoms with Crippen LogP contribution in [0.1, 0.15) is 12.8 Å². The van der Waals surface area contributed by atoms with Crippen molar-refractivity contribution in [3.63, 3.8) is 0 Å². The van der Waals surface area contributed by atoms with Crippen molar-refractivity contribution in [3.05, 3.63) is 0 Å². The zero-order valence-corrected chi connectivity index (χ0v) is 5.93. The van der Waals surface area contributed by atoms with Crippen molar-refractivity contribution >= 4 is 0 Å². The van der Waals surface area contributed by atoms with Crippen LogP contribution < -0.4 is 5.32 Å². The van der Waals surface area contributed by atoms with E-state index >= 15 is 0 Å². The summed E-state index contributed by atoms with van der Waals surface area (Å²) in [5.41, 5.74) is 0. The van der Waals surface area contributed by atoms with Gasteiger partial charge in [-0.25, -0.2) is 0 Å². The lowest BCUT2D eigenvalue weighted by Crippen LogP contribution is -2.61. The van der Waals surface area contributed by atoms with Crippen molar-refractivity contribution in [2.45, 2.75) is 24.9 Å². The van der Waals surface area contributed by atoms with Gasteiger partial charge in [0, 0.05) is 25.2 Å². The highest BCUT2D eigenvalue weighted by Gasteiger charge is 2.35. The predicted molar refractivity (Wildman–Crippen MR) is 37.4 cm³/mol. The Bertz CT molecular complexity index is 107.